The van der Waals surface area contributed by atoms with Crippen LogP contribution < -0.4 is 4.90 Å². The molecule has 4 rings (SSSR count). The number of halogens is 2. The lowest BCUT2D eigenvalue weighted by Crippen LogP contribution is -2.26. The van der Waals surface area contributed by atoms with Crippen molar-refractivity contribution in [1.29, 1.82) is 0 Å². The standard InChI is InChI=1S/C15H14F2N2O7S2/c1-28(21,22)25-6-7-5-19(15(20)27-7)13-9-4-8(14-23-2-3-24-14)10(16)11(17)12(9)26-18-13/h4,7,14H,2-3,5-6H2,1H3/t7-/m1/s1. The fourth-order valence-corrected chi connectivity index (χ4v) is 4.34. The summed E-state index contributed by atoms with van der Waals surface area (Å²) in [7, 11) is -3.66. The van der Waals surface area contributed by atoms with E-state index < -0.39 is 44.1 Å². The Labute approximate surface area is 162 Å². The molecule has 0 bridgehead atoms. The van der Waals surface area contributed by atoms with Crippen molar-refractivity contribution in [2.24, 2.45) is 0 Å². The van der Waals surface area contributed by atoms with Gasteiger partial charge in [0.15, 0.2) is 17.9 Å². The SMILES string of the molecule is CS(=O)(=O)OC[C@H]1CN(c2noc3c(F)c(F)c(C4OCCO4)cc23)C(=O)S1. The first-order chi connectivity index (χ1) is 13.2. The van der Waals surface area contributed by atoms with E-state index in [9.17, 15) is 22.0 Å². The Bertz CT molecular complexity index is 1040. The number of amides is 1. The second-order valence-electron chi connectivity index (χ2n) is 6.16. The van der Waals surface area contributed by atoms with Gasteiger partial charge in [-0.15, -0.1) is 0 Å². The summed E-state index contributed by atoms with van der Waals surface area (Å²) >= 11 is 0.857. The van der Waals surface area contributed by atoms with E-state index in [1.807, 2.05) is 0 Å². The molecule has 3 heterocycles. The van der Waals surface area contributed by atoms with E-state index >= 15 is 0 Å². The van der Waals surface area contributed by atoms with Crippen molar-refractivity contribution in [3.8, 4) is 0 Å². The van der Waals surface area contributed by atoms with Crippen molar-refractivity contribution in [2.45, 2.75) is 11.5 Å². The summed E-state index contributed by atoms with van der Waals surface area (Å²) in [5, 5.41) is 2.85. The average molecular weight is 436 g/mol. The first kappa shape index (κ1) is 19.5. The van der Waals surface area contributed by atoms with Gasteiger partial charge in [-0.2, -0.15) is 12.8 Å². The first-order valence-electron chi connectivity index (χ1n) is 8.07. The highest BCUT2D eigenvalue weighted by atomic mass is 32.2. The summed E-state index contributed by atoms with van der Waals surface area (Å²) in [4.78, 5) is 13.5. The third kappa shape index (κ3) is 3.59. The molecule has 0 unspecified atom stereocenters. The van der Waals surface area contributed by atoms with Crippen molar-refractivity contribution < 1.29 is 40.2 Å². The maximum atomic E-state index is 14.4. The topological polar surface area (TPSA) is 108 Å². The number of anilines is 1. The van der Waals surface area contributed by atoms with E-state index in [1.165, 1.54) is 11.0 Å². The van der Waals surface area contributed by atoms with E-state index in [-0.39, 0.29) is 43.1 Å². The molecule has 1 atom stereocenters. The van der Waals surface area contributed by atoms with Gasteiger partial charge in [-0.3, -0.25) is 13.9 Å². The van der Waals surface area contributed by atoms with Crippen LogP contribution in [0.2, 0.25) is 0 Å². The Balaban J connectivity index is 1.66. The molecule has 2 aromatic rings. The van der Waals surface area contributed by atoms with E-state index in [0.717, 1.165) is 18.0 Å². The smallest absolute Gasteiger partial charge is 0.287 e. The van der Waals surface area contributed by atoms with E-state index in [2.05, 4.69) is 5.16 Å². The molecule has 28 heavy (non-hydrogen) atoms. The molecule has 0 aliphatic carbocycles. The predicted molar refractivity (Wildman–Crippen MR) is 93.5 cm³/mol. The van der Waals surface area contributed by atoms with Crippen LogP contribution in [0.4, 0.5) is 19.4 Å². The lowest BCUT2D eigenvalue weighted by molar-refractivity contribution is -0.0467. The zero-order valence-electron chi connectivity index (χ0n) is 14.4. The van der Waals surface area contributed by atoms with Gasteiger partial charge in [0.05, 0.1) is 36.7 Å². The van der Waals surface area contributed by atoms with Crippen molar-refractivity contribution in [3.05, 3.63) is 23.3 Å². The Morgan fingerprint density at radius 2 is 2.04 bits per heavy atom. The molecule has 1 aromatic carbocycles. The van der Waals surface area contributed by atoms with Gasteiger partial charge in [0.25, 0.3) is 15.4 Å². The second-order valence-corrected chi connectivity index (χ2v) is 9.05. The molecule has 152 valence electrons. The molecule has 13 heteroatoms. The maximum Gasteiger partial charge on any atom is 0.287 e. The number of aromatic nitrogens is 1. The minimum absolute atomic E-state index is 0.00694. The van der Waals surface area contributed by atoms with Gasteiger partial charge >= 0.3 is 0 Å². The van der Waals surface area contributed by atoms with Crippen LogP contribution >= 0.6 is 11.8 Å². The Morgan fingerprint density at radius 3 is 2.71 bits per heavy atom. The third-order valence-electron chi connectivity index (χ3n) is 4.13. The quantitative estimate of drug-likeness (QED) is 0.652. The van der Waals surface area contributed by atoms with Crippen LogP contribution in [0.15, 0.2) is 10.6 Å². The van der Waals surface area contributed by atoms with Crippen molar-refractivity contribution >= 4 is 43.9 Å². The van der Waals surface area contributed by atoms with Crippen LogP contribution in [0.25, 0.3) is 11.0 Å². The number of benzene rings is 1. The number of carbonyl (C=O) groups excluding carboxylic acids is 1. The Hall–Kier alpha value is -1.80. The number of hydrogen-bond acceptors (Lipinski definition) is 9. The molecule has 0 radical (unpaired) electrons. The summed E-state index contributed by atoms with van der Waals surface area (Å²) in [6.45, 7) is 0.331. The molecule has 1 amide bonds. The zero-order valence-corrected chi connectivity index (χ0v) is 16.0. The van der Waals surface area contributed by atoms with Crippen molar-refractivity contribution in [1.82, 2.24) is 5.16 Å². The van der Waals surface area contributed by atoms with Gasteiger partial charge in [0, 0.05) is 12.1 Å². The lowest BCUT2D eigenvalue weighted by atomic mass is 10.1. The predicted octanol–water partition coefficient (Wildman–Crippen LogP) is 2.17. The van der Waals surface area contributed by atoms with Crippen molar-refractivity contribution in [2.75, 3.05) is 37.5 Å². The molecular weight excluding hydrogens is 422 g/mol. The molecule has 0 spiro atoms. The normalized spacial score (nSPS) is 21.3. The van der Waals surface area contributed by atoms with Crippen LogP contribution in [-0.2, 0) is 23.8 Å². The summed E-state index contributed by atoms with van der Waals surface area (Å²) < 4.78 is 71.1. The monoisotopic (exact) mass is 436 g/mol. The molecule has 2 fully saturated rings. The minimum Gasteiger partial charge on any atom is -0.351 e. The molecule has 0 saturated carbocycles. The fraction of sp³-hybridized carbons (Fsp3) is 0.467. The van der Waals surface area contributed by atoms with Crippen LogP contribution in [0.5, 0.6) is 0 Å². The average Bonchev–Trinajstić information content (AvgIpc) is 3.35. The molecule has 2 saturated heterocycles. The van der Waals surface area contributed by atoms with Gasteiger partial charge in [0.2, 0.25) is 11.4 Å². The molecule has 2 aliphatic rings. The molecular formula is C15H14F2N2O7S2. The lowest BCUT2D eigenvalue weighted by Gasteiger charge is -2.14. The summed E-state index contributed by atoms with van der Waals surface area (Å²) in [6, 6.07) is 1.27. The highest BCUT2D eigenvalue weighted by Crippen LogP contribution is 2.38. The third-order valence-corrected chi connectivity index (χ3v) is 5.73. The number of ether oxygens (including phenoxy) is 2. The molecule has 9 nitrogen and oxygen atoms in total. The van der Waals surface area contributed by atoms with Crippen LogP contribution in [0.3, 0.4) is 0 Å². The van der Waals surface area contributed by atoms with Crippen LogP contribution in [0, 0.1) is 11.6 Å². The summed E-state index contributed by atoms with van der Waals surface area (Å²) in [6.07, 6.45) is -0.162. The van der Waals surface area contributed by atoms with E-state index in [1.54, 1.807) is 0 Å². The van der Waals surface area contributed by atoms with Crippen LogP contribution in [-0.4, -0.2) is 56.7 Å². The van der Waals surface area contributed by atoms with Crippen molar-refractivity contribution in [3.63, 3.8) is 0 Å². The minimum atomic E-state index is -3.66. The number of fused-ring (bicyclic) bond motifs is 1. The molecule has 0 N–H and O–H groups in total. The van der Waals surface area contributed by atoms with E-state index in [4.69, 9.17) is 18.2 Å². The van der Waals surface area contributed by atoms with E-state index in [0.29, 0.717) is 0 Å². The van der Waals surface area contributed by atoms with Gasteiger partial charge in [-0.25, -0.2) is 4.39 Å². The number of nitrogens with zero attached hydrogens (tertiary/aromatic N) is 2. The van der Waals surface area contributed by atoms with Gasteiger partial charge < -0.3 is 14.0 Å². The largest absolute Gasteiger partial charge is 0.351 e. The first-order valence-corrected chi connectivity index (χ1v) is 10.8. The molecule has 1 aromatic heterocycles. The number of rotatable bonds is 5. The van der Waals surface area contributed by atoms with Gasteiger partial charge in [0.1, 0.15) is 0 Å². The highest BCUT2D eigenvalue weighted by molar-refractivity contribution is 8.14. The Kier molecular flexibility index (Phi) is 5.03. The molecule has 2 aliphatic heterocycles. The van der Waals surface area contributed by atoms with Gasteiger partial charge in [-0.1, -0.05) is 16.9 Å². The maximum absolute atomic E-state index is 14.4. The fourth-order valence-electron chi connectivity index (χ4n) is 2.91. The van der Waals surface area contributed by atoms with Crippen LogP contribution in [0.1, 0.15) is 11.9 Å². The Morgan fingerprint density at radius 1 is 1.32 bits per heavy atom. The number of carbonyl (C=O) groups is 1. The highest BCUT2D eigenvalue weighted by Gasteiger charge is 2.37. The van der Waals surface area contributed by atoms with Gasteiger partial charge in [-0.05, 0) is 6.07 Å². The zero-order chi connectivity index (χ0) is 20.1. The number of thioether (sulfide) groups is 1. The number of hydrogen-bond donors (Lipinski definition) is 0. The second kappa shape index (κ2) is 7.22. The summed E-state index contributed by atoms with van der Waals surface area (Å²) in [5.41, 5.74) is -0.605. The summed E-state index contributed by atoms with van der Waals surface area (Å²) in [5.74, 6) is -2.45.